The Morgan fingerprint density at radius 2 is 1.23 bits per heavy atom. The van der Waals surface area contributed by atoms with E-state index in [1.807, 2.05) is 48.5 Å². The highest BCUT2D eigenvalue weighted by molar-refractivity contribution is 6.24. The highest BCUT2D eigenvalue weighted by Crippen LogP contribution is 2.61. The standard InChI is InChI=1S/C24H15FN2O4/c25-12-9-10-17(18(11-12)27(30)31)26-23(28)21-19-13-5-1-2-6-14(13)20(22(21)24(26)29)16-8-4-3-7-15(16)19/h1-11,19-22H/t19?,20?,21-,22-/m1/s1. The molecule has 0 spiro atoms. The van der Waals surface area contributed by atoms with Crippen molar-refractivity contribution in [3.8, 4) is 0 Å². The fourth-order valence-electron chi connectivity index (χ4n) is 5.75. The Labute approximate surface area is 176 Å². The van der Waals surface area contributed by atoms with Crippen LogP contribution in [0.2, 0.25) is 0 Å². The summed E-state index contributed by atoms with van der Waals surface area (Å²) in [4.78, 5) is 38.9. The summed E-state index contributed by atoms with van der Waals surface area (Å²) in [6, 6.07) is 18.5. The molecular weight excluding hydrogens is 399 g/mol. The first-order valence-electron chi connectivity index (χ1n) is 9.98. The number of nitro benzene ring substituents is 1. The predicted octanol–water partition coefficient (Wildman–Crippen LogP) is 4.13. The molecule has 3 aromatic carbocycles. The van der Waals surface area contributed by atoms with E-state index in [4.69, 9.17) is 0 Å². The van der Waals surface area contributed by atoms with Crippen LogP contribution < -0.4 is 4.90 Å². The number of anilines is 1. The Morgan fingerprint density at radius 1 is 0.774 bits per heavy atom. The van der Waals surface area contributed by atoms with Gasteiger partial charge in [0, 0.05) is 11.8 Å². The number of nitrogens with zero attached hydrogens (tertiary/aromatic N) is 2. The van der Waals surface area contributed by atoms with Gasteiger partial charge in [0.25, 0.3) is 5.69 Å². The summed E-state index contributed by atoms with van der Waals surface area (Å²) in [5.74, 6) is -3.63. The van der Waals surface area contributed by atoms with Crippen molar-refractivity contribution in [3.05, 3.63) is 105 Å². The van der Waals surface area contributed by atoms with Crippen molar-refractivity contribution in [3.63, 3.8) is 0 Å². The summed E-state index contributed by atoms with van der Waals surface area (Å²) in [6.07, 6.45) is 0. The molecule has 3 aliphatic carbocycles. The van der Waals surface area contributed by atoms with E-state index in [0.29, 0.717) is 0 Å². The van der Waals surface area contributed by atoms with Crippen LogP contribution >= 0.6 is 0 Å². The number of nitro groups is 1. The Kier molecular flexibility index (Phi) is 3.51. The zero-order valence-electron chi connectivity index (χ0n) is 16.1. The smallest absolute Gasteiger partial charge is 0.274 e. The van der Waals surface area contributed by atoms with Gasteiger partial charge in [0.05, 0.1) is 22.8 Å². The highest BCUT2D eigenvalue weighted by atomic mass is 19.1. The number of benzene rings is 3. The molecule has 0 unspecified atom stereocenters. The third-order valence-corrected chi connectivity index (χ3v) is 6.82. The lowest BCUT2D eigenvalue weighted by molar-refractivity contribution is -0.384. The lowest BCUT2D eigenvalue weighted by Crippen LogP contribution is -2.41. The molecule has 3 aromatic rings. The average Bonchev–Trinajstić information content (AvgIpc) is 3.04. The largest absolute Gasteiger partial charge is 0.296 e. The normalized spacial score (nSPS) is 25.3. The van der Waals surface area contributed by atoms with Gasteiger partial charge in [-0.05, 0) is 34.4 Å². The van der Waals surface area contributed by atoms with Gasteiger partial charge in [-0.15, -0.1) is 0 Å². The Balaban J connectivity index is 1.57. The lowest BCUT2D eigenvalue weighted by atomic mass is 9.55. The van der Waals surface area contributed by atoms with Gasteiger partial charge in [-0.1, -0.05) is 48.5 Å². The molecule has 1 heterocycles. The first kappa shape index (κ1) is 17.9. The number of hydrogen-bond acceptors (Lipinski definition) is 4. The summed E-state index contributed by atoms with van der Waals surface area (Å²) >= 11 is 0. The van der Waals surface area contributed by atoms with Gasteiger partial charge in [0.1, 0.15) is 11.5 Å². The van der Waals surface area contributed by atoms with Crippen LogP contribution in [0.4, 0.5) is 15.8 Å². The molecule has 7 heteroatoms. The molecule has 2 amide bonds. The number of carbonyl (C=O) groups is 2. The van der Waals surface area contributed by atoms with Crippen LogP contribution in [0.1, 0.15) is 34.1 Å². The molecular formula is C24H15FN2O4. The molecule has 1 aliphatic heterocycles. The van der Waals surface area contributed by atoms with Crippen molar-refractivity contribution in [2.75, 3.05) is 4.90 Å². The fraction of sp³-hybridized carbons (Fsp3) is 0.167. The van der Waals surface area contributed by atoms with Gasteiger partial charge in [0.15, 0.2) is 0 Å². The summed E-state index contributed by atoms with van der Waals surface area (Å²) in [5.41, 5.74) is 3.30. The molecule has 0 saturated carbocycles. The van der Waals surface area contributed by atoms with Crippen molar-refractivity contribution in [1.29, 1.82) is 0 Å². The van der Waals surface area contributed by atoms with Crippen molar-refractivity contribution in [1.82, 2.24) is 0 Å². The highest BCUT2D eigenvalue weighted by Gasteiger charge is 2.62. The SMILES string of the molecule is O=C1[C@@H]2C3c4ccccc4C(c4ccccc43)[C@H]2C(=O)N1c1ccc(F)cc1[N+](=O)[O-]. The van der Waals surface area contributed by atoms with Crippen LogP contribution in [-0.2, 0) is 9.59 Å². The van der Waals surface area contributed by atoms with E-state index in [1.54, 1.807) is 0 Å². The molecule has 0 radical (unpaired) electrons. The van der Waals surface area contributed by atoms with Crippen molar-refractivity contribution >= 4 is 23.2 Å². The number of halogens is 1. The molecule has 1 fully saturated rings. The quantitative estimate of drug-likeness (QED) is 0.359. The van der Waals surface area contributed by atoms with Gasteiger partial charge in [-0.2, -0.15) is 0 Å². The second-order valence-corrected chi connectivity index (χ2v) is 8.17. The van der Waals surface area contributed by atoms with Gasteiger partial charge >= 0.3 is 0 Å². The van der Waals surface area contributed by atoms with Gasteiger partial charge in [-0.25, -0.2) is 9.29 Å². The minimum Gasteiger partial charge on any atom is -0.274 e. The molecule has 0 aromatic heterocycles. The summed E-state index contributed by atoms with van der Waals surface area (Å²) in [7, 11) is 0. The molecule has 7 rings (SSSR count). The van der Waals surface area contributed by atoms with E-state index in [9.17, 15) is 24.1 Å². The molecule has 1 saturated heterocycles. The molecule has 4 aliphatic rings. The third-order valence-electron chi connectivity index (χ3n) is 6.82. The lowest BCUT2D eigenvalue weighted by Gasteiger charge is -2.45. The van der Waals surface area contributed by atoms with Crippen molar-refractivity contribution in [2.45, 2.75) is 11.8 Å². The van der Waals surface area contributed by atoms with E-state index in [1.165, 1.54) is 0 Å². The zero-order chi connectivity index (χ0) is 21.4. The van der Waals surface area contributed by atoms with Crippen LogP contribution in [0, 0.1) is 27.8 Å². The van der Waals surface area contributed by atoms with Crippen molar-refractivity contribution < 1.29 is 18.9 Å². The molecule has 2 bridgehead atoms. The molecule has 0 N–H and O–H groups in total. The van der Waals surface area contributed by atoms with Crippen LogP contribution in [0.15, 0.2) is 66.7 Å². The minimum atomic E-state index is -0.799. The fourth-order valence-corrected chi connectivity index (χ4v) is 5.75. The van der Waals surface area contributed by atoms with E-state index < -0.39 is 40.1 Å². The van der Waals surface area contributed by atoms with Crippen LogP contribution in [0.5, 0.6) is 0 Å². The molecule has 152 valence electrons. The van der Waals surface area contributed by atoms with Crippen LogP contribution in [-0.4, -0.2) is 16.7 Å². The second kappa shape index (κ2) is 6.07. The van der Waals surface area contributed by atoms with Gasteiger partial charge in [-0.3, -0.25) is 19.7 Å². The topological polar surface area (TPSA) is 80.5 Å². The van der Waals surface area contributed by atoms with E-state index in [0.717, 1.165) is 45.4 Å². The maximum Gasteiger partial charge on any atom is 0.296 e. The van der Waals surface area contributed by atoms with Gasteiger partial charge < -0.3 is 0 Å². The molecule has 31 heavy (non-hydrogen) atoms. The third kappa shape index (κ3) is 2.20. The van der Waals surface area contributed by atoms with Crippen molar-refractivity contribution in [2.24, 2.45) is 11.8 Å². The number of amides is 2. The van der Waals surface area contributed by atoms with Gasteiger partial charge in [0.2, 0.25) is 11.8 Å². The average molecular weight is 414 g/mol. The Hall–Kier alpha value is -3.87. The Bertz CT molecular complexity index is 1200. The maximum atomic E-state index is 13.7. The molecule has 6 nitrogen and oxygen atoms in total. The zero-order valence-corrected chi connectivity index (χ0v) is 16.1. The first-order chi connectivity index (χ1) is 15.0. The van der Waals surface area contributed by atoms with Crippen LogP contribution in [0.3, 0.4) is 0 Å². The van der Waals surface area contributed by atoms with Crippen LogP contribution in [0.25, 0.3) is 0 Å². The second-order valence-electron chi connectivity index (χ2n) is 8.17. The van der Waals surface area contributed by atoms with E-state index >= 15 is 0 Å². The van der Waals surface area contributed by atoms with E-state index in [2.05, 4.69) is 0 Å². The number of imide groups is 1. The first-order valence-corrected chi connectivity index (χ1v) is 9.98. The maximum absolute atomic E-state index is 13.7. The summed E-state index contributed by atoms with van der Waals surface area (Å²) in [6.45, 7) is 0. The number of rotatable bonds is 2. The minimum absolute atomic E-state index is 0.177. The van der Waals surface area contributed by atoms with E-state index in [-0.39, 0.29) is 17.5 Å². The molecule has 2 atom stereocenters. The monoisotopic (exact) mass is 414 g/mol. The summed E-state index contributed by atoms with van der Waals surface area (Å²) in [5, 5.41) is 11.5. The number of carbonyl (C=O) groups excluding carboxylic acids is 2. The predicted molar refractivity (Wildman–Crippen MR) is 109 cm³/mol. The Morgan fingerprint density at radius 3 is 1.65 bits per heavy atom. The number of hydrogen-bond donors (Lipinski definition) is 0. The summed E-state index contributed by atoms with van der Waals surface area (Å²) < 4.78 is 13.7.